The maximum absolute atomic E-state index is 13.1. The molecule has 0 spiro atoms. The van der Waals surface area contributed by atoms with Crippen molar-refractivity contribution in [3.8, 4) is 11.1 Å². The van der Waals surface area contributed by atoms with Crippen LogP contribution in [0.15, 0.2) is 72.1 Å². The molecule has 5 rings (SSSR count). The van der Waals surface area contributed by atoms with E-state index in [1.165, 1.54) is 0 Å². The average Bonchev–Trinajstić information content (AvgIpc) is 3.37. The van der Waals surface area contributed by atoms with E-state index >= 15 is 0 Å². The molecule has 0 unspecified atom stereocenters. The second-order valence-electron chi connectivity index (χ2n) is 9.26. The molecule has 1 N–H and O–H groups in total. The fourth-order valence-corrected chi connectivity index (χ4v) is 5.62. The largest absolute Gasteiger partial charge is 0.320 e. The molecule has 2 aromatic carbocycles. The predicted molar refractivity (Wildman–Crippen MR) is 143 cm³/mol. The highest BCUT2D eigenvalue weighted by atomic mass is 32.1. The molecule has 2 aromatic heterocycles. The highest BCUT2D eigenvalue weighted by Crippen LogP contribution is 2.32. The molecule has 0 saturated carbocycles. The number of nitrogens with one attached hydrogen (secondary N) is 1. The first-order chi connectivity index (χ1) is 17.0. The monoisotopic (exact) mass is 482 g/mol. The molecule has 0 radical (unpaired) electrons. The normalized spacial score (nSPS) is 14.7. The van der Waals surface area contributed by atoms with Gasteiger partial charge in [-0.3, -0.25) is 14.7 Å². The van der Waals surface area contributed by atoms with Crippen molar-refractivity contribution in [2.24, 2.45) is 0 Å². The minimum absolute atomic E-state index is 0.156. The van der Waals surface area contributed by atoms with E-state index in [-0.39, 0.29) is 5.91 Å². The Hall–Kier alpha value is -3.35. The van der Waals surface area contributed by atoms with E-state index in [4.69, 9.17) is 4.98 Å². The Kier molecular flexibility index (Phi) is 7.02. The van der Waals surface area contributed by atoms with Gasteiger partial charge in [0.25, 0.3) is 5.91 Å². The van der Waals surface area contributed by atoms with Crippen LogP contribution < -0.4 is 5.32 Å². The van der Waals surface area contributed by atoms with Gasteiger partial charge in [-0.2, -0.15) is 0 Å². The molecule has 1 aliphatic rings. The molecule has 5 nitrogen and oxygen atoms in total. The molecule has 0 atom stereocenters. The summed E-state index contributed by atoms with van der Waals surface area (Å²) in [5.74, 6) is 0.249. The zero-order chi connectivity index (χ0) is 24.2. The summed E-state index contributed by atoms with van der Waals surface area (Å²) >= 11 is 1.60. The van der Waals surface area contributed by atoms with Gasteiger partial charge in [-0.15, -0.1) is 11.3 Å². The summed E-state index contributed by atoms with van der Waals surface area (Å²) in [5.41, 5.74) is 6.75. The van der Waals surface area contributed by atoms with E-state index in [9.17, 15) is 4.79 Å². The first-order valence-corrected chi connectivity index (χ1v) is 13.0. The Morgan fingerprint density at radius 2 is 1.80 bits per heavy atom. The SMILES string of the molecule is Cc1ccc(NC(=O)c2csc(C3CCN(Cc4cccc(C)n4)CC3)n2)c(-c2ccccc2)c1. The van der Waals surface area contributed by atoms with Crippen LogP contribution in [0.2, 0.25) is 0 Å². The van der Waals surface area contributed by atoms with Gasteiger partial charge in [0, 0.05) is 34.8 Å². The van der Waals surface area contributed by atoms with Gasteiger partial charge in [-0.25, -0.2) is 4.98 Å². The van der Waals surface area contributed by atoms with Gasteiger partial charge in [-0.05, 0) is 69.6 Å². The summed E-state index contributed by atoms with van der Waals surface area (Å²) in [7, 11) is 0. The van der Waals surface area contributed by atoms with Crippen LogP contribution in [0.25, 0.3) is 11.1 Å². The van der Waals surface area contributed by atoms with Crippen LogP contribution in [-0.4, -0.2) is 33.9 Å². The van der Waals surface area contributed by atoms with Crippen LogP contribution in [0, 0.1) is 13.8 Å². The number of thiazole rings is 1. The Bertz CT molecular complexity index is 1310. The van der Waals surface area contributed by atoms with Gasteiger partial charge in [0.1, 0.15) is 5.69 Å². The van der Waals surface area contributed by atoms with Crippen molar-refractivity contribution >= 4 is 22.9 Å². The van der Waals surface area contributed by atoms with E-state index < -0.39 is 0 Å². The smallest absolute Gasteiger partial charge is 0.275 e. The standard InChI is InChI=1S/C29H30N4OS/c1-20-11-12-26(25(17-20)22-8-4-3-5-9-22)31-28(34)27-19-35-29(32-27)23-13-15-33(16-14-23)18-24-10-6-7-21(2)30-24/h3-12,17,19,23H,13-16,18H2,1-2H3,(H,31,34). The van der Waals surface area contributed by atoms with Crippen LogP contribution in [0.5, 0.6) is 0 Å². The number of amides is 1. The summed E-state index contributed by atoms with van der Waals surface area (Å²) in [5, 5.41) is 6.06. The number of carbonyl (C=O) groups is 1. The number of aromatic nitrogens is 2. The zero-order valence-electron chi connectivity index (χ0n) is 20.2. The third-order valence-electron chi connectivity index (χ3n) is 6.53. The summed E-state index contributed by atoms with van der Waals surface area (Å²) in [6, 6.07) is 22.5. The van der Waals surface area contributed by atoms with E-state index in [1.807, 2.05) is 48.7 Å². The topological polar surface area (TPSA) is 58.1 Å². The number of rotatable bonds is 6. The lowest BCUT2D eigenvalue weighted by atomic mass is 9.97. The van der Waals surface area contributed by atoms with Gasteiger partial charge in [0.05, 0.1) is 10.7 Å². The number of anilines is 1. The minimum Gasteiger partial charge on any atom is -0.320 e. The summed E-state index contributed by atoms with van der Waals surface area (Å²) in [6.07, 6.45) is 2.10. The third-order valence-corrected chi connectivity index (χ3v) is 7.54. The molecule has 6 heteroatoms. The Morgan fingerprint density at radius 1 is 1.00 bits per heavy atom. The van der Waals surface area contributed by atoms with Gasteiger partial charge < -0.3 is 5.32 Å². The molecule has 35 heavy (non-hydrogen) atoms. The molecule has 1 saturated heterocycles. The maximum Gasteiger partial charge on any atom is 0.275 e. The quantitative estimate of drug-likeness (QED) is 0.343. The number of carbonyl (C=O) groups excluding carboxylic acids is 1. The van der Waals surface area contributed by atoms with Crippen LogP contribution in [-0.2, 0) is 6.54 Å². The highest BCUT2D eigenvalue weighted by Gasteiger charge is 2.24. The molecule has 4 aromatic rings. The first kappa shape index (κ1) is 23.4. The number of hydrogen-bond acceptors (Lipinski definition) is 5. The summed E-state index contributed by atoms with van der Waals surface area (Å²) in [6.45, 7) is 7.03. The maximum atomic E-state index is 13.1. The van der Waals surface area contributed by atoms with Crippen molar-refractivity contribution in [2.75, 3.05) is 18.4 Å². The summed E-state index contributed by atoms with van der Waals surface area (Å²) < 4.78 is 0. The lowest BCUT2D eigenvalue weighted by Gasteiger charge is -2.30. The zero-order valence-corrected chi connectivity index (χ0v) is 21.0. The Labute approximate surface area is 210 Å². The minimum atomic E-state index is -0.156. The van der Waals surface area contributed by atoms with Crippen molar-refractivity contribution in [2.45, 2.75) is 39.2 Å². The number of pyridine rings is 1. The molecule has 0 bridgehead atoms. The van der Waals surface area contributed by atoms with E-state index in [0.29, 0.717) is 11.6 Å². The van der Waals surface area contributed by atoms with Crippen molar-refractivity contribution in [1.82, 2.24) is 14.9 Å². The lowest BCUT2D eigenvalue weighted by Crippen LogP contribution is -2.32. The van der Waals surface area contributed by atoms with Crippen molar-refractivity contribution < 1.29 is 4.79 Å². The third kappa shape index (κ3) is 5.66. The Morgan fingerprint density at radius 3 is 2.57 bits per heavy atom. The van der Waals surface area contributed by atoms with Gasteiger partial charge >= 0.3 is 0 Å². The van der Waals surface area contributed by atoms with Crippen LogP contribution in [0.4, 0.5) is 5.69 Å². The van der Waals surface area contributed by atoms with Gasteiger partial charge in [0.15, 0.2) is 0 Å². The number of benzene rings is 2. The van der Waals surface area contributed by atoms with E-state index in [0.717, 1.165) is 71.2 Å². The lowest BCUT2D eigenvalue weighted by molar-refractivity contribution is 0.102. The number of likely N-dealkylation sites (tertiary alicyclic amines) is 1. The van der Waals surface area contributed by atoms with Gasteiger partial charge in [-0.1, -0.05) is 48.0 Å². The number of aryl methyl sites for hydroxylation is 2. The number of hydrogen-bond donors (Lipinski definition) is 1. The first-order valence-electron chi connectivity index (χ1n) is 12.1. The molecule has 1 fully saturated rings. The van der Waals surface area contributed by atoms with Crippen molar-refractivity contribution in [3.63, 3.8) is 0 Å². The highest BCUT2D eigenvalue weighted by molar-refractivity contribution is 7.10. The van der Waals surface area contributed by atoms with E-state index in [1.54, 1.807) is 11.3 Å². The summed E-state index contributed by atoms with van der Waals surface area (Å²) in [4.78, 5) is 24.9. The molecule has 3 heterocycles. The second kappa shape index (κ2) is 10.5. The van der Waals surface area contributed by atoms with Crippen LogP contribution in [0.1, 0.15) is 51.2 Å². The van der Waals surface area contributed by atoms with Crippen LogP contribution >= 0.6 is 11.3 Å². The second-order valence-corrected chi connectivity index (χ2v) is 10.2. The fourth-order valence-electron chi connectivity index (χ4n) is 4.64. The molecular formula is C29H30N4OS. The molecule has 0 aliphatic carbocycles. The van der Waals surface area contributed by atoms with Crippen molar-refractivity contribution in [3.05, 3.63) is 99.8 Å². The number of nitrogens with zero attached hydrogens (tertiary/aromatic N) is 3. The predicted octanol–water partition coefficient (Wildman–Crippen LogP) is 6.45. The molecule has 178 valence electrons. The molecule has 1 amide bonds. The van der Waals surface area contributed by atoms with Crippen molar-refractivity contribution in [1.29, 1.82) is 0 Å². The van der Waals surface area contributed by atoms with E-state index in [2.05, 4.69) is 52.5 Å². The fraction of sp³-hybridized carbons (Fsp3) is 0.276. The number of piperidine rings is 1. The molecular weight excluding hydrogens is 452 g/mol. The average molecular weight is 483 g/mol. The Balaban J connectivity index is 1.22. The van der Waals surface area contributed by atoms with Crippen LogP contribution in [0.3, 0.4) is 0 Å². The molecule has 1 aliphatic heterocycles. The van der Waals surface area contributed by atoms with Gasteiger partial charge in [0.2, 0.25) is 0 Å².